The summed E-state index contributed by atoms with van der Waals surface area (Å²) in [4.78, 5) is 9.52. The van der Waals surface area contributed by atoms with Crippen LogP contribution in [0, 0.1) is 0 Å². The molecule has 1 aromatic heterocycles. The van der Waals surface area contributed by atoms with E-state index in [1.165, 1.54) is 6.42 Å². The summed E-state index contributed by atoms with van der Waals surface area (Å²) in [6.45, 7) is 10.5. The number of aromatic nitrogens is 1. The van der Waals surface area contributed by atoms with Crippen molar-refractivity contribution in [2.24, 2.45) is 0 Å². The molecule has 3 rings (SSSR count). The van der Waals surface area contributed by atoms with Crippen LogP contribution in [0.2, 0.25) is 0 Å². The van der Waals surface area contributed by atoms with Gasteiger partial charge in [0.15, 0.2) is 0 Å². The van der Waals surface area contributed by atoms with Gasteiger partial charge in [-0.25, -0.2) is 13.4 Å². The van der Waals surface area contributed by atoms with Gasteiger partial charge in [0.1, 0.15) is 5.82 Å². The minimum absolute atomic E-state index is 0.259. The van der Waals surface area contributed by atoms with Crippen molar-refractivity contribution < 1.29 is 8.42 Å². The second-order valence-corrected chi connectivity index (χ2v) is 9.02. The van der Waals surface area contributed by atoms with Crippen LogP contribution in [0.25, 0.3) is 0 Å². The van der Waals surface area contributed by atoms with Gasteiger partial charge in [-0.1, -0.05) is 26.0 Å². The summed E-state index contributed by atoms with van der Waals surface area (Å²) in [5.41, 5.74) is 1.58. The number of hydrogen-bond donors (Lipinski definition) is 1. The summed E-state index contributed by atoms with van der Waals surface area (Å²) in [6, 6.07) is 11.1. The van der Waals surface area contributed by atoms with Gasteiger partial charge in [0.05, 0.1) is 16.8 Å². The Labute approximate surface area is 168 Å². The van der Waals surface area contributed by atoms with E-state index >= 15 is 0 Å². The first-order valence-corrected chi connectivity index (χ1v) is 11.5. The van der Waals surface area contributed by atoms with E-state index in [0.29, 0.717) is 11.7 Å². The maximum Gasteiger partial charge on any atom is 0.261 e. The van der Waals surface area contributed by atoms with Crippen LogP contribution in [-0.2, 0) is 16.4 Å². The van der Waals surface area contributed by atoms with Crippen LogP contribution in [0.3, 0.4) is 0 Å². The predicted octanol–water partition coefficient (Wildman–Crippen LogP) is 3.37. The normalized spacial score (nSPS) is 18.2. The number of hydrogen-bond acceptors (Lipinski definition) is 5. The van der Waals surface area contributed by atoms with Gasteiger partial charge in [-0.2, -0.15) is 0 Å². The van der Waals surface area contributed by atoms with Gasteiger partial charge < -0.3 is 4.90 Å². The number of anilines is 2. The zero-order chi connectivity index (χ0) is 20.1. The van der Waals surface area contributed by atoms with Crippen molar-refractivity contribution in [1.82, 2.24) is 9.88 Å². The number of nitrogens with zero attached hydrogens (tertiary/aromatic N) is 3. The van der Waals surface area contributed by atoms with Crippen LogP contribution in [0.4, 0.5) is 11.5 Å². The first-order valence-electron chi connectivity index (χ1n) is 9.99. The van der Waals surface area contributed by atoms with E-state index in [4.69, 9.17) is 0 Å². The van der Waals surface area contributed by atoms with Gasteiger partial charge in [-0.3, -0.25) is 9.62 Å². The lowest BCUT2D eigenvalue weighted by atomic mass is 10.2. The molecule has 1 N–H and O–H groups in total. The third kappa shape index (κ3) is 4.83. The van der Waals surface area contributed by atoms with Gasteiger partial charge in [0, 0.05) is 25.7 Å². The molecule has 1 aliphatic heterocycles. The molecule has 0 bridgehead atoms. The molecule has 28 heavy (non-hydrogen) atoms. The molecule has 2 heterocycles. The van der Waals surface area contributed by atoms with E-state index in [1.807, 2.05) is 25.1 Å². The van der Waals surface area contributed by atoms with E-state index in [9.17, 15) is 8.42 Å². The Balaban J connectivity index is 1.65. The molecule has 0 saturated carbocycles. The number of benzene rings is 1. The molecule has 0 aliphatic carbocycles. The SMILES string of the molecule is CCCN1CCN(c2ccc(NS(=O)(=O)c3ccc(CC)cc3)cn2)CC1C. The largest absolute Gasteiger partial charge is 0.354 e. The highest BCUT2D eigenvalue weighted by Gasteiger charge is 2.23. The topological polar surface area (TPSA) is 65.5 Å². The molecule has 1 unspecified atom stereocenters. The summed E-state index contributed by atoms with van der Waals surface area (Å²) in [5, 5.41) is 0. The second-order valence-electron chi connectivity index (χ2n) is 7.34. The number of sulfonamides is 1. The highest BCUT2D eigenvalue weighted by molar-refractivity contribution is 7.92. The fraction of sp³-hybridized carbons (Fsp3) is 0.476. The fourth-order valence-electron chi connectivity index (χ4n) is 3.57. The number of piperazine rings is 1. The van der Waals surface area contributed by atoms with Gasteiger partial charge in [0.25, 0.3) is 10.0 Å². The lowest BCUT2D eigenvalue weighted by molar-refractivity contribution is 0.189. The molecule has 152 valence electrons. The molecule has 1 atom stereocenters. The average molecular weight is 403 g/mol. The summed E-state index contributed by atoms with van der Waals surface area (Å²) < 4.78 is 27.8. The number of aryl methyl sites for hydroxylation is 1. The van der Waals surface area contributed by atoms with Gasteiger partial charge in [-0.05, 0) is 56.1 Å². The quantitative estimate of drug-likeness (QED) is 0.769. The number of rotatable bonds is 7. The third-order valence-electron chi connectivity index (χ3n) is 5.24. The molecule has 0 amide bonds. The molecule has 1 fully saturated rings. The van der Waals surface area contributed by atoms with Gasteiger partial charge >= 0.3 is 0 Å². The zero-order valence-electron chi connectivity index (χ0n) is 16.9. The number of nitrogens with one attached hydrogen (secondary N) is 1. The maximum absolute atomic E-state index is 12.6. The van der Waals surface area contributed by atoms with Crippen LogP contribution in [-0.4, -0.2) is 50.5 Å². The van der Waals surface area contributed by atoms with Crippen LogP contribution < -0.4 is 9.62 Å². The zero-order valence-corrected chi connectivity index (χ0v) is 17.7. The lowest BCUT2D eigenvalue weighted by Gasteiger charge is -2.40. The van der Waals surface area contributed by atoms with E-state index in [0.717, 1.165) is 44.0 Å². The molecule has 0 radical (unpaired) electrons. The van der Waals surface area contributed by atoms with Gasteiger partial charge in [0.2, 0.25) is 0 Å². The summed E-state index contributed by atoms with van der Waals surface area (Å²) in [6.07, 6.45) is 3.64. The van der Waals surface area contributed by atoms with E-state index in [1.54, 1.807) is 24.4 Å². The summed E-state index contributed by atoms with van der Waals surface area (Å²) >= 11 is 0. The van der Waals surface area contributed by atoms with Gasteiger partial charge in [-0.15, -0.1) is 0 Å². The molecule has 6 nitrogen and oxygen atoms in total. The van der Waals surface area contributed by atoms with E-state index < -0.39 is 10.0 Å². The fourth-order valence-corrected chi connectivity index (χ4v) is 4.62. The molecule has 1 aliphatic rings. The summed E-state index contributed by atoms with van der Waals surface area (Å²) in [5.74, 6) is 0.887. The first kappa shape index (κ1) is 20.6. The molecular formula is C21H30N4O2S. The smallest absolute Gasteiger partial charge is 0.261 e. The van der Waals surface area contributed by atoms with Crippen molar-refractivity contribution in [3.8, 4) is 0 Å². The van der Waals surface area contributed by atoms with Crippen molar-refractivity contribution in [2.45, 2.75) is 44.6 Å². The third-order valence-corrected chi connectivity index (χ3v) is 6.64. The van der Waals surface area contributed by atoms with Crippen molar-refractivity contribution in [3.05, 3.63) is 48.2 Å². The monoisotopic (exact) mass is 402 g/mol. The van der Waals surface area contributed by atoms with Crippen LogP contribution >= 0.6 is 0 Å². The Morgan fingerprint density at radius 3 is 2.43 bits per heavy atom. The molecule has 7 heteroatoms. The van der Waals surface area contributed by atoms with Crippen molar-refractivity contribution in [2.75, 3.05) is 35.8 Å². The Bertz CT molecular complexity index is 866. The lowest BCUT2D eigenvalue weighted by Crippen LogP contribution is -2.52. The minimum atomic E-state index is -3.61. The Hall–Kier alpha value is -2.12. The summed E-state index contributed by atoms with van der Waals surface area (Å²) in [7, 11) is -3.61. The first-order chi connectivity index (χ1) is 13.4. The Morgan fingerprint density at radius 1 is 1.11 bits per heavy atom. The Morgan fingerprint density at radius 2 is 1.86 bits per heavy atom. The highest BCUT2D eigenvalue weighted by atomic mass is 32.2. The average Bonchev–Trinajstić information content (AvgIpc) is 2.70. The molecule has 1 aromatic carbocycles. The Kier molecular flexibility index (Phi) is 6.57. The van der Waals surface area contributed by atoms with Crippen LogP contribution in [0.1, 0.15) is 32.8 Å². The predicted molar refractivity (Wildman–Crippen MR) is 114 cm³/mol. The minimum Gasteiger partial charge on any atom is -0.354 e. The standard InChI is InChI=1S/C21H30N4O2S/c1-4-12-24-13-14-25(16-17(24)3)21-11-8-19(15-22-21)23-28(26,27)20-9-6-18(5-2)7-10-20/h6-11,15,17,23H,4-5,12-14,16H2,1-3H3. The number of pyridine rings is 1. The van der Waals surface area contributed by atoms with E-state index in [-0.39, 0.29) is 4.90 Å². The second kappa shape index (κ2) is 8.92. The molecule has 2 aromatic rings. The van der Waals surface area contributed by atoms with Crippen LogP contribution in [0.5, 0.6) is 0 Å². The molecule has 1 saturated heterocycles. The molecule has 0 spiro atoms. The van der Waals surface area contributed by atoms with Crippen LogP contribution in [0.15, 0.2) is 47.5 Å². The maximum atomic E-state index is 12.6. The van der Waals surface area contributed by atoms with Crippen molar-refractivity contribution in [1.29, 1.82) is 0 Å². The highest BCUT2D eigenvalue weighted by Crippen LogP contribution is 2.21. The molecular weight excluding hydrogens is 372 g/mol. The van der Waals surface area contributed by atoms with Crippen molar-refractivity contribution >= 4 is 21.5 Å². The van der Waals surface area contributed by atoms with Crippen molar-refractivity contribution in [3.63, 3.8) is 0 Å². The van der Waals surface area contributed by atoms with E-state index in [2.05, 4.69) is 33.4 Å².